The zero-order chi connectivity index (χ0) is 14.5. The van der Waals surface area contributed by atoms with Crippen LogP contribution < -0.4 is 5.32 Å². The Morgan fingerprint density at radius 2 is 1.85 bits per heavy atom. The van der Waals surface area contributed by atoms with E-state index in [4.69, 9.17) is 0 Å². The number of nitrogens with one attached hydrogen (secondary N) is 1. The maximum absolute atomic E-state index is 12.2. The molecule has 0 aromatic heterocycles. The summed E-state index contributed by atoms with van der Waals surface area (Å²) in [6, 6.07) is 16.5. The molecule has 0 aliphatic rings. The van der Waals surface area contributed by atoms with E-state index in [2.05, 4.69) is 37.2 Å². The molecule has 1 atom stereocenters. The molecule has 20 heavy (non-hydrogen) atoms. The first-order valence-corrected chi connectivity index (χ1v) is 7.41. The summed E-state index contributed by atoms with van der Waals surface area (Å²) in [6.45, 7) is 0. The van der Waals surface area contributed by atoms with Gasteiger partial charge < -0.3 is 5.32 Å². The highest BCUT2D eigenvalue weighted by Crippen LogP contribution is 2.27. The van der Waals surface area contributed by atoms with E-state index in [0.717, 1.165) is 8.95 Å². The van der Waals surface area contributed by atoms with Crippen LogP contribution in [0, 0.1) is 11.3 Å². The summed E-state index contributed by atoms with van der Waals surface area (Å²) in [7, 11) is 0. The third-order valence-corrected chi connectivity index (χ3v) is 3.90. The van der Waals surface area contributed by atoms with Crippen LogP contribution in [0.4, 0.5) is 5.69 Å². The van der Waals surface area contributed by atoms with E-state index in [-0.39, 0.29) is 5.91 Å². The molecule has 100 valence electrons. The van der Waals surface area contributed by atoms with Crippen molar-refractivity contribution in [2.75, 3.05) is 5.32 Å². The van der Waals surface area contributed by atoms with Crippen molar-refractivity contribution in [3.63, 3.8) is 0 Å². The van der Waals surface area contributed by atoms with Crippen molar-refractivity contribution >= 4 is 43.5 Å². The number of benzene rings is 2. The molecule has 0 heterocycles. The molecular weight excluding hydrogens is 384 g/mol. The summed E-state index contributed by atoms with van der Waals surface area (Å²) in [5.74, 6) is -1.18. The van der Waals surface area contributed by atoms with Gasteiger partial charge in [0, 0.05) is 8.95 Å². The van der Waals surface area contributed by atoms with Crippen molar-refractivity contribution in [3.8, 4) is 6.07 Å². The van der Waals surface area contributed by atoms with Crippen LogP contribution in [0.5, 0.6) is 0 Å². The fourth-order valence-corrected chi connectivity index (χ4v) is 2.44. The third-order valence-electron chi connectivity index (χ3n) is 2.71. The largest absolute Gasteiger partial charge is 0.324 e. The van der Waals surface area contributed by atoms with Gasteiger partial charge in [-0.1, -0.05) is 46.3 Å². The number of nitriles is 1. The van der Waals surface area contributed by atoms with E-state index in [9.17, 15) is 10.1 Å². The molecule has 2 aromatic carbocycles. The number of carbonyl (C=O) groups excluding carboxylic acids is 1. The summed E-state index contributed by atoms with van der Waals surface area (Å²) in [5, 5.41) is 12.0. The number of amides is 1. The lowest BCUT2D eigenvalue weighted by molar-refractivity contribution is -0.116. The minimum Gasteiger partial charge on any atom is -0.324 e. The molecule has 0 bridgehead atoms. The predicted molar refractivity (Wildman–Crippen MR) is 85.3 cm³/mol. The number of carbonyl (C=O) groups is 1. The predicted octanol–water partition coefficient (Wildman–Crippen LogP) is 4.46. The smallest absolute Gasteiger partial charge is 0.246 e. The molecule has 0 aliphatic carbocycles. The second-order valence-corrected chi connectivity index (χ2v) is 5.86. The number of hydrogen-bond acceptors (Lipinski definition) is 2. The average Bonchev–Trinajstić information content (AvgIpc) is 2.45. The van der Waals surface area contributed by atoms with Gasteiger partial charge in [0.2, 0.25) is 5.91 Å². The average molecular weight is 394 g/mol. The molecule has 0 spiro atoms. The van der Waals surface area contributed by atoms with Gasteiger partial charge in [0.05, 0.1) is 11.8 Å². The minimum atomic E-state index is -0.831. The number of anilines is 1. The fourth-order valence-electron chi connectivity index (χ4n) is 1.73. The van der Waals surface area contributed by atoms with E-state index in [0.29, 0.717) is 11.3 Å². The molecule has 2 aromatic rings. The van der Waals surface area contributed by atoms with E-state index < -0.39 is 5.92 Å². The second-order valence-electron chi connectivity index (χ2n) is 4.09. The number of nitrogens with zero attached hydrogens (tertiary/aromatic N) is 1. The summed E-state index contributed by atoms with van der Waals surface area (Å²) in [6.07, 6.45) is 0. The molecule has 0 radical (unpaired) electrons. The quantitative estimate of drug-likeness (QED) is 0.836. The van der Waals surface area contributed by atoms with Crippen molar-refractivity contribution in [1.82, 2.24) is 0 Å². The van der Waals surface area contributed by atoms with Crippen LogP contribution in [-0.4, -0.2) is 5.91 Å². The molecule has 0 saturated heterocycles. The van der Waals surface area contributed by atoms with Crippen LogP contribution in [0.15, 0.2) is 57.5 Å². The van der Waals surface area contributed by atoms with Crippen molar-refractivity contribution in [3.05, 3.63) is 63.0 Å². The lowest BCUT2D eigenvalue weighted by atomic mass is 10.00. The van der Waals surface area contributed by atoms with E-state index in [1.165, 1.54) is 0 Å². The summed E-state index contributed by atoms with van der Waals surface area (Å²) in [4.78, 5) is 12.2. The molecule has 2 rings (SSSR count). The van der Waals surface area contributed by atoms with Crippen LogP contribution >= 0.6 is 31.9 Å². The standard InChI is InChI=1S/C15H10Br2N2O/c16-11-6-7-13(17)14(8-11)19-15(20)12(9-18)10-4-2-1-3-5-10/h1-8,12H,(H,19,20). The van der Waals surface area contributed by atoms with E-state index >= 15 is 0 Å². The second kappa shape index (κ2) is 6.69. The highest BCUT2D eigenvalue weighted by Gasteiger charge is 2.20. The third kappa shape index (κ3) is 3.47. The first kappa shape index (κ1) is 14.8. The molecule has 0 saturated carbocycles. The summed E-state index contributed by atoms with van der Waals surface area (Å²) in [5.41, 5.74) is 1.30. The summed E-state index contributed by atoms with van der Waals surface area (Å²) < 4.78 is 1.61. The maximum Gasteiger partial charge on any atom is 0.246 e. The Labute approximate surface area is 133 Å². The van der Waals surface area contributed by atoms with Gasteiger partial charge >= 0.3 is 0 Å². The fraction of sp³-hybridized carbons (Fsp3) is 0.0667. The Hall–Kier alpha value is -1.64. The number of halogens is 2. The van der Waals surface area contributed by atoms with Crippen LogP contribution in [0.2, 0.25) is 0 Å². The van der Waals surface area contributed by atoms with Gasteiger partial charge in [0.1, 0.15) is 0 Å². The van der Waals surface area contributed by atoms with Gasteiger partial charge in [-0.3, -0.25) is 4.79 Å². The molecule has 1 amide bonds. The van der Waals surface area contributed by atoms with Crippen molar-refractivity contribution in [2.24, 2.45) is 0 Å². The maximum atomic E-state index is 12.2. The van der Waals surface area contributed by atoms with Gasteiger partial charge in [-0.2, -0.15) is 5.26 Å². The van der Waals surface area contributed by atoms with Gasteiger partial charge in [0.15, 0.2) is 5.92 Å². The van der Waals surface area contributed by atoms with E-state index in [1.54, 1.807) is 18.2 Å². The first-order chi connectivity index (χ1) is 9.61. The molecule has 0 aliphatic heterocycles. The number of hydrogen-bond donors (Lipinski definition) is 1. The van der Waals surface area contributed by atoms with Crippen LogP contribution in [-0.2, 0) is 4.79 Å². The minimum absolute atomic E-state index is 0.350. The Morgan fingerprint density at radius 1 is 1.15 bits per heavy atom. The monoisotopic (exact) mass is 392 g/mol. The molecule has 1 unspecified atom stereocenters. The normalized spacial score (nSPS) is 11.4. The van der Waals surface area contributed by atoms with Crippen molar-refractivity contribution < 1.29 is 4.79 Å². The Morgan fingerprint density at radius 3 is 2.50 bits per heavy atom. The molecule has 0 fully saturated rings. The lowest BCUT2D eigenvalue weighted by Gasteiger charge is -2.12. The SMILES string of the molecule is N#CC(C(=O)Nc1cc(Br)ccc1Br)c1ccccc1. The highest BCUT2D eigenvalue weighted by molar-refractivity contribution is 9.11. The Balaban J connectivity index is 2.23. The number of rotatable bonds is 3. The van der Waals surface area contributed by atoms with Crippen LogP contribution in [0.25, 0.3) is 0 Å². The van der Waals surface area contributed by atoms with Gasteiger partial charge in [0.25, 0.3) is 0 Å². The van der Waals surface area contributed by atoms with Crippen LogP contribution in [0.3, 0.4) is 0 Å². The molecule has 1 N–H and O–H groups in total. The van der Waals surface area contributed by atoms with Gasteiger partial charge in [-0.15, -0.1) is 0 Å². The first-order valence-electron chi connectivity index (χ1n) is 5.82. The van der Waals surface area contributed by atoms with Crippen molar-refractivity contribution in [1.29, 1.82) is 5.26 Å². The Kier molecular flexibility index (Phi) is 4.94. The van der Waals surface area contributed by atoms with Crippen molar-refractivity contribution in [2.45, 2.75) is 5.92 Å². The van der Waals surface area contributed by atoms with Gasteiger partial charge in [-0.05, 0) is 39.7 Å². The highest BCUT2D eigenvalue weighted by atomic mass is 79.9. The Bertz CT molecular complexity index is 665. The lowest BCUT2D eigenvalue weighted by Crippen LogP contribution is -2.20. The molecular formula is C15H10Br2N2O. The topological polar surface area (TPSA) is 52.9 Å². The zero-order valence-electron chi connectivity index (χ0n) is 10.3. The zero-order valence-corrected chi connectivity index (χ0v) is 13.5. The summed E-state index contributed by atoms with van der Waals surface area (Å²) >= 11 is 6.72. The van der Waals surface area contributed by atoms with Crippen LogP contribution in [0.1, 0.15) is 11.5 Å². The molecule has 3 nitrogen and oxygen atoms in total. The van der Waals surface area contributed by atoms with Gasteiger partial charge in [-0.25, -0.2) is 0 Å². The van der Waals surface area contributed by atoms with E-state index in [1.807, 2.05) is 36.4 Å². The molecule has 5 heteroatoms.